The second-order valence-corrected chi connectivity index (χ2v) is 6.36. The summed E-state index contributed by atoms with van der Waals surface area (Å²) in [5, 5.41) is 2.96. The maximum absolute atomic E-state index is 12.1. The summed E-state index contributed by atoms with van der Waals surface area (Å²) in [5.41, 5.74) is 2.10. The van der Waals surface area contributed by atoms with E-state index in [-0.39, 0.29) is 5.91 Å². The molecule has 2 rings (SSSR count). The van der Waals surface area contributed by atoms with Crippen LogP contribution in [0.4, 0.5) is 5.69 Å². The maximum Gasteiger partial charge on any atom is 0.228 e. The molecule has 23 heavy (non-hydrogen) atoms. The normalized spacial score (nSPS) is 14.5. The van der Waals surface area contributed by atoms with Crippen LogP contribution in [0.25, 0.3) is 0 Å². The number of benzene rings is 1. The molecule has 0 atom stereocenters. The largest absolute Gasteiger partial charge is 0.494 e. The van der Waals surface area contributed by atoms with Crippen molar-refractivity contribution in [1.82, 2.24) is 4.90 Å². The Morgan fingerprint density at radius 1 is 1.22 bits per heavy atom. The van der Waals surface area contributed by atoms with Crippen LogP contribution in [-0.4, -0.2) is 38.1 Å². The molecule has 1 aliphatic carbocycles. The van der Waals surface area contributed by atoms with Crippen molar-refractivity contribution in [3.8, 4) is 5.75 Å². The molecule has 0 unspecified atom stereocenters. The lowest BCUT2D eigenvalue weighted by atomic mass is 9.97. The minimum absolute atomic E-state index is 0.0674. The van der Waals surface area contributed by atoms with Crippen LogP contribution in [0, 0.1) is 0 Å². The van der Waals surface area contributed by atoms with Gasteiger partial charge in [-0.1, -0.05) is 11.6 Å². The molecule has 0 fully saturated rings. The zero-order chi connectivity index (χ0) is 16.5. The van der Waals surface area contributed by atoms with Crippen molar-refractivity contribution in [1.29, 1.82) is 0 Å². The van der Waals surface area contributed by atoms with Crippen LogP contribution in [0.5, 0.6) is 5.75 Å². The van der Waals surface area contributed by atoms with Crippen LogP contribution in [0.2, 0.25) is 0 Å². The van der Waals surface area contributed by atoms with Gasteiger partial charge in [0.25, 0.3) is 0 Å². The summed E-state index contributed by atoms with van der Waals surface area (Å²) < 4.78 is 5.69. The van der Waals surface area contributed by atoms with Gasteiger partial charge in [0.2, 0.25) is 5.91 Å². The molecule has 0 radical (unpaired) electrons. The van der Waals surface area contributed by atoms with E-state index >= 15 is 0 Å². The number of carbonyl (C=O) groups excluding carboxylic acids is 1. The summed E-state index contributed by atoms with van der Waals surface area (Å²) in [4.78, 5) is 14.2. The van der Waals surface area contributed by atoms with Crippen molar-refractivity contribution in [2.24, 2.45) is 0 Å². The van der Waals surface area contributed by atoms with Crippen molar-refractivity contribution >= 4 is 11.6 Å². The number of hydrogen-bond acceptors (Lipinski definition) is 3. The molecule has 1 aromatic carbocycles. The number of anilines is 1. The molecule has 0 spiro atoms. The SMILES string of the molecule is CN(C)CCCOc1ccc(NC(=O)CC2=CCCCC2)cc1. The van der Waals surface area contributed by atoms with E-state index in [0.717, 1.165) is 37.2 Å². The van der Waals surface area contributed by atoms with Crippen molar-refractivity contribution in [3.63, 3.8) is 0 Å². The van der Waals surface area contributed by atoms with Crippen LogP contribution in [0.3, 0.4) is 0 Å². The van der Waals surface area contributed by atoms with Crippen LogP contribution in [0.15, 0.2) is 35.9 Å². The Morgan fingerprint density at radius 3 is 2.65 bits per heavy atom. The van der Waals surface area contributed by atoms with Crippen molar-refractivity contribution in [3.05, 3.63) is 35.9 Å². The summed E-state index contributed by atoms with van der Waals surface area (Å²) >= 11 is 0. The Labute approximate surface area is 139 Å². The molecular formula is C19H28N2O2. The molecule has 1 amide bonds. The highest BCUT2D eigenvalue weighted by Gasteiger charge is 2.09. The number of ether oxygens (including phenoxy) is 1. The van der Waals surface area contributed by atoms with Crippen LogP contribution >= 0.6 is 0 Å². The highest BCUT2D eigenvalue weighted by Crippen LogP contribution is 2.21. The number of hydrogen-bond donors (Lipinski definition) is 1. The predicted octanol–water partition coefficient (Wildman–Crippen LogP) is 3.85. The second kappa shape index (κ2) is 9.36. The average molecular weight is 316 g/mol. The molecule has 0 heterocycles. The Kier molecular flexibility index (Phi) is 7.14. The number of nitrogens with one attached hydrogen (secondary N) is 1. The predicted molar refractivity (Wildman–Crippen MR) is 94.9 cm³/mol. The highest BCUT2D eigenvalue weighted by molar-refractivity contribution is 5.92. The van der Waals surface area contributed by atoms with Gasteiger partial charge >= 0.3 is 0 Å². The van der Waals surface area contributed by atoms with E-state index in [2.05, 4.69) is 30.4 Å². The fourth-order valence-electron chi connectivity index (χ4n) is 2.68. The second-order valence-electron chi connectivity index (χ2n) is 6.36. The molecule has 0 saturated heterocycles. The fraction of sp³-hybridized carbons (Fsp3) is 0.526. The lowest BCUT2D eigenvalue weighted by molar-refractivity contribution is -0.115. The molecule has 0 aromatic heterocycles. The number of allylic oxidation sites excluding steroid dienone is 1. The molecule has 1 aromatic rings. The Bertz CT molecular complexity index is 521. The minimum Gasteiger partial charge on any atom is -0.494 e. The van der Waals surface area contributed by atoms with Gasteiger partial charge in [-0.2, -0.15) is 0 Å². The first-order valence-electron chi connectivity index (χ1n) is 8.49. The van der Waals surface area contributed by atoms with Gasteiger partial charge in [0, 0.05) is 18.7 Å². The molecule has 0 aliphatic heterocycles. The highest BCUT2D eigenvalue weighted by atomic mass is 16.5. The first-order valence-corrected chi connectivity index (χ1v) is 8.49. The molecule has 4 heteroatoms. The zero-order valence-electron chi connectivity index (χ0n) is 14.3. The Hall–Kier alpha value is -1.81. The first-order chi connectivity index (χ1) is 11.1. The van der Waals surface area contributed by atoms with Crippen molar-refractivity contribution < 1.29 is 9.53 Å². The quantitative estimate of drug-likeness (QED) is 0.585. The minimum atomic E-state index is 0.0674. The van der Waals surface area contributed by atoms with Gasteiger partial charge in [0.1, 0.15) is 5.75 Å². The molecule has 0 bridgehead atoms. The molecule has 4 nitrogen and oxygen atoms in total. The lowest BCUT2D eigenvalue weighted by Gasteiger charge is -2.13. The third-order valence-corrected chi connectivity index (χ3v) is 3.93. The molecule has 0 saturated carbocycles. The third kappa shape index (κ3) is 6.87. The number of nitrogens with zero attached hydrogens (tertiary/aromatic N) is 1. The van der Waals surface area contributed by atoms with Gasteiger partial charge < -0.3 is 15.0 Å². The van der Waals surface area contributed by atoms with Crippen LogP contribution < -0.4 is 10.1 Å². The average Bonchev–Trinajstić information content (AvgIpc) is 2.54. The van der Waals surface area contributed by atoms with Crippen molar-refractivity contribution in [2.75, 3.05) is 32.6 Å². The van der Waals surface area contributed by atoms with E-state index in [1.54, 1.807) is 0 Å². The van der Waals surface area contributed by atoms with Crippen LogP contribution in [0.1, 0.15) is 38.5 Å². The summed E-state index contributed by atoms with van der Waals surface area (Å²) in [6.07, 6.45) is 8.37. The van der Waals surface area contributed by atoms with Gasteiger partial charge in [-0.3, -0.25) is 4.79 Å². The number of carbonyl (C=O) groups is 1. The van der Waals surface area contributed by atoms with Crippen molar-refractivity contribution in [2.45, 2.75) is 38.5 Å². The standard InChI is InChI=1S/C19H28N2O2/c1-21(2)13-6-14-23-18-11-9-17(10-12-18)20-19(22)15-16-7-4-3-5-8-16/h7,9-12H,3-6,8,13-15H2,1-2H3,(H,20,22). The van der Waals surface area contributed by atoms with Gasteiger partial charge in [-0.15, -0.1) is 0 Å². The number of amides is 1. The smallest absolute Gasteiger partial charge is 0.228 e. The van der Waals surface area contributed by atoms with Crippen LogP contribution in [-0.2, 0) is 4.79 Å². The number of rotatable bonds is 8. The summed E-state index contributed by atoms with van der Waals surface area (Å²) in [5.74, 6) is 0.912. The van der Waals surface area contributed by atoms with E-state index in [4.69, 9.17) is 4.74 Å². The molecule has 1 N–H and O–H groups in total. The summed E-state index contributed by atoms with van der Waals surface area (Å²) in [6.45, 7) is 1.72. The molecule has 126 valence electrons. The maximum atomic E-state index is 12.1. The van der Waals surface area contributed by atoms with E-state index in [1.165, 1.54) is 18.4 Å². The van der Waals surface area contributed by atoms with E-state index in [0.29, 0.717) is 13.0 Å². The Morgan fingerprint density at radius 2 is 2.00 bits per heavy atom. The van der Waals surface area contributed by atoms with E-state index < -0.39 is 0 Å². The molecular weight excluding hydrogens is 288 g/mol. The monoisotopic (exact) mass is 316 g/mol. The summed E-state index contributed by atoms with van der Waals surface area (Å²) in [6, 6.07) is 7.61. The Balaban J connectivity index is 1.73. The first kappa shape index (κ1) is 17.5. The fourth-order valence-corrected chi connectivity index (χ4v) is 2.68. The van der Waals surface area contributed by atoms with E-state index in [9.17, 15) is 4.79 Å². The van der Waals surface area contributed by atoms with Gasteiger partial charge in [0.15, 0.2) is 0 Å². The van der Waals surface area contributed by atoms with Gasteiger partial charge in [-0.25, -0.2) is 0 Å². The molecule has 1 aliphatic rings. The lowest BCUT2D eigenvalue weighted by Crippen LogP contribution is -2.15. The zero-order valence-corrected chi connectivity index (χ0v) is 14.3. The van der Waals surface area contributed by atoms with E-state index in [1.807, 2.05) is 24.3 Å². The van der Waals surface area contributed by atoms with Gasteiger partial charge in [0.05, 0.1) is 6.61 Å². The topological polar surface area (TPSA) is 41.6 Å². The van der Waals surface area contributed by atoms with Gasteiger partial charge in [-0.05, 0) is 70.5 Å². The third-order valence-electron chi connectivity index (χ3n) is 3.93. The summed E-state index contributed by atoms with van der Waals surface area (Å²) in [7, 11) is 4.11.